The molecular formula is C21H17N3O4S. The number of anilines is 2. The van der Waals surface area contributed by atoms with Crippen molar-refractivity contribution in [3.8, 4) is 11.5 Å². The number of aromatic nitrogens is 1. The molecular weight excluding hydrogens is 390 g/mol. The van der Waals surface area contributed by atoms with E-state index in [0.717, 1.165) is 0 Å². The lowest BCUT2D eigenvalue weighted by Gasteiger charge is -2.12. The Hall–Kier alpha value is -3.52. The summed E-state index contributed by atoms with van der Waals surface area (Å²) in [7, 11) is 0. The molecule has 1 aliphatic rings. The molecule has 8 heteroatoms. The molecule has 29 heavy (non-hydrogen) atoms. The Balaban J connectivity index is 1.55. The van der Waals surface area contributed by atoms with E-state index < -0.39 is 0 Å². The fourth-order valence-electron chi connectivity index (χ4n) is 2.88. The molecule has 0 fully saturated rings. The zero-order valence-corrected chi connectivity index (χ0v) is 16.3. The number of hydrogen-bond donors (Lipinski definition) is 2. The third-order valence-electron chi connectivity index (χ3n) is 4.26. The minimum atomic E-state index is -0.351. The number of para-hydroxylation sites is 1. The van der Waals surface area contributed by atoms with Gasteiger partial charge in [-0.05, 0) is 42.7 Å². The number of ether oxygens (including phenoxy) is 2. The highest BCUT2D eigenvalue weighted by molar-refractivity contribution is 7.98. The number of benzene rings is 2. The van der Waals surface area contributed by atoms with Crippen LogP contribution in [0, 0.1) is 0 Å². The number of rotatable bonds is 5. The molecule has 2 heterocycles. The number of carbonyl (C=O) groups is 2. The van der Waals surface area contributed by atoms with Gasteiger partial charge in [0, 0.05) is 18.0 Å². The second kappa shape index (κ2) is 8.24. The molecule has 0 aliphatic carbocycles. The van der Waals surface area contributed by atoms with Crippen LogP contribution in [0.2, 0.25) is 0 Å². The highest BCUT2D eigenvalue weighted by Crippen LogP contribution is 2.34. The van der Waals surface area contributed by atoms with Crippen molar-refractivity contribution in [3.05, 3.63) is 71.9 Å². The number of thioether (sulfide) groups is 1. The number of nitrogens with zero attached hydrogens (tertiary/aromatic N) is 1. The number of hydrogen-bond acceptors (Lipinski definition) is 6. The first-order valence-electron chi connectivity index (χ1n) is 8.76. The first-order chi connectivity index (χ1) is 14.2. The van der Waals surface area contributed by atoms with Crippen molar-refractivity contribution in [2.45, 2.75) is 5.03 Å². The number of pyridine rings is 1. The van der Waals surface area contributed by atoms with Crippen LogP contribution in [0.15, 0.2) is 65.8 Å². The average molecular weight is 407 g/mol. The summed E-state index contributed by atoms with van der Waals surface area (Å²) in [5.74, 6) is 0.532. The van der Waals surface area contributed by atoms with Gasteiger partial charge in [-0.2, -0.15) is 0 Å². The van der Waals surface area contributed by atoms with Crippen molar-refractivity contribution in [2.24, 2.45) is 0 Å². The SMILES string of the molecule is CSc1ncccc1C(=O)Nc1ccccc1C(=O)Nc1ccc2c(c1)OCO2. The van der Waals surface area contributed by atoms with E-state index in [1.165, 1.54) is 11.8 Å². The minimum absolute atomic E-state index is 0.161. The first kappa shape index (κ1) is 18.8. The van der Waals surface area contributed by atoms with Gasteiger partial charge >= 0.3 is 0 Å². The van der Waals surface area contributed by atoms with Crippen LogP contribution in [0.5, 0.6) is 11.5 Å². The summed E-state index contributed by atoms with van der Waals surface area (Å²) >= 11 is 1.38. The van der Waals surface area contributed by atoms with Crippen molar-refractivity contribution in [3.63, 3.8) is 0 Å². The molecule has 7 nitrogen and oxygen atoms in total. The Kier molecular flexibility index (Phi) is 5.35. The lowest BCUT2D eigenvalue weighted by molar-refractivity contribution is 0.102. The van der Waals surface area contributed by atoms with E-state index in [1.54, 1.807) is 60.8 Å². The van der Waals surface area contributed by atoms with Crippen molar-refractivity contribution in [2.75, 3.05) is 23.7 Å². The normalized spacial score (nSPS) is 11.8. The molecule has 0 spiro atoms. The van der Waals surface area contributed by atoms with Crippen LogP contribution >= 0.6 is 11.8 Å². The Bertz CT molecular complexity index is 1090. The predicted octanol–water partition coefficient (Wildman–Crippen LogP) is 4.04. The maximum absolute atomic E-state index is 12.8. The van der Waals surface area contributed by atoms with Gasteiger partial charge in [-0.1, -0.05) is 12.1 Å². The smallest absolute Gasteiger partial charge is 0.258 e. The van der Waals surface area contributed by atoms with Crippen LogP contribution in [0.25, 0.3) is 0 Å². The maximum atomic E-state index is 12.8. The van der Waals surface area contributed by atoms with Gasteiger partial charge in [-0.25, -0.2) is 4.98 Å². The molecule has 0 bridgehead atoms. The molecule has 2 amide bonds. The lowest BCUT2D eigenvalue weighted by Crippen LogP contribution is -2.19. The highest BCUT2D eigenvalue weighted by atomic mass is 32.2. The third kappa shape index (κ3) is 4.02. The summed E-state index contributed by atoms with van der Waals surface area (Å²) in [6.07, 6.45) is 3.49. The van der Waals surface area contributed by atoms with Gasteiger partial charge in [0.15, 0.2) is 11.5 Å². The molecule has 0 radical (unpaired) electrons. The van der Waals surface area contributed by atoms with Crippen molar-refractivity contribution in [1.82, 2.24) is 4.98 Å². The van der Waals surface area contributed by atoms with Crippen LogP contribution < -0.4 is 20.1 Å². The largest absolute Gasteiger partial charge is 0.454 e. The molecule has 0 saturated heterocycles. The van der Waals surface area contributed by atoms with Crippen LogP contribution in [0.1, 0.15) is 20.7 Å². The van der Waals surface area contributed by atoms with Gasteiger partial charge in [0.1, 0.15) is 5.03 Å². The molecule has 146 valence electrons. The van der Waals surface area contributed by atoms with Gasteiger partial charge < -0.3 is 20.1 Å². The minimum Gasteiger partial charge on any atom is -0.454 e. The molecule has 2 aromatic carbocycles. The van der Waals surface area contributed by atoms with E-state index in [1.807, 2.05) is 6.26 Å². The molecule has 4 rings (SSSR count). The highest BCUT2D eigenvalue weighted by Gasteiger charge is 2.18. The second-order valence-corrected chi connectivity index (χ2v) is 6.88. The average Bonchev–Trinajstić information content (AvgIpc) is 3.22. The summed E-state index contributed by atoms with van der Waals surface area (Å²) in [5.41, 5.74) is 1.77. The molecule has 1 aromatic heterocycles. The zero-order chi connectivity index (χ0) is 20.2. The topological polar surface area (TPSA) is 89.6 Å². The number of nitrogens with one attached hydrogen (secondary N) is 2. The molecule has 1 aliphatic heterocycles. The zero-order valence-electron chi connectivity index (χ0n) is 15.5. The van der Waals surface area contributed by atoms with Gasteiger partial charge in [0.05, 0.1) is 16.8 Å². The molecule has 3 aromatic rings. The number of amides is 2. The van der Waals surface area contributed by atoms with E-state index in [0.29, 0.717) is 39.0 Å². The Labute approximate surface area is 171 Å². The van der Waals surface area contributed by atoms with Gasteiger partial charge in [0.2, 0.25) is 6.79 Å². The standard InChI is InChI=1S/C21H17N3O4S/c1-29-21-15(6-4-10-22-21)20(26)24-16-7-3-2-5-14(16)19(25)23-13-8-9-17-18(11-13)28-12-27-17/h2-11H,12H2,1H3,(H,23,25)(H,24,26). The summed E-state index contributed by atoms with van der Waals surface area (Å²) in [6, 6.07) is 15.4. The molecule has 2 N–H and O–H groups in total. The maximum Gasteiger partial charge on any atom is 0.258 e. The van der Waals surface area contributed by atoms with E-state index in [4.69, 9.17) is 9.47 Å². The summed E-state index contributed by atoms with van der Waals surface area (Å²) < 4.78 is 10.6. The molecule has 0 atom stereocenters. The van der Waals surface area contributed by atoms with Gasteiger partial charge in [0.25, 0.3) is 11.8 Å². The monoisotopic (exact) mass is 407 g/mol. The number of fused-ring (bicyclic) bond motifs is 1. The molecule has 0 saturated carbocycles. The van der Waals surface area contributed by atoms with Crippen molar-refractivity contribution < 1.29 is 19.1 Å². The molecule has 0 unspecified atom stereocenters. The van der Waals surface area contributed by atoms with E-state index in [-0.39, 0.29) is 18.6 Å². The van der Waals surface area contributed by atoms with Crippen LogP contribution in [-0.2, 0) is 0 Å². The summed E-state index contributed by atoms with van der Waals surface area (Å²) in [5, 5.41) is 6.25. The van der Waals surface area contributed by atoms with E-state index >= 15 is 0 Å². The Morgan fingerprint density at radius 3 is 2.55 bits per heavy atom. The Morgan fingerprint density at radius 1 is 0.931 bits per heavy atom. The fraction of sp³-hybridized carbons (Fsp3) is 0.0952. The second-order valence-electron chi connectivity index (χ2n) is 6.08. The predicted molar refractivity (Wildman–Crippen MR) is 111 cm³/mol. The number of carbonyl (C=O) groups excluding carboxylic acids is 2. The van der Waals surface area contributed by atoms with Crippen molar-refractivity contribution >= 4 is 35.0 Å². The lowest BCUT2D eigenvalue weighted by atomic mass is 10.1. The van der Waals surface area contributed by atoms with E-state index in [9.17, 15) is 9.59 Å². The van der Waals surface area contributed by atoms with E-state index in [2.05, 4.69) is 15.6 Å². The Morgan fingerprint density at radius 2 is 1.69 bits per heavy atom. The third-order valence-corrected chi connectivity index (χ3v) is 4.97. The van der Waals surface area contributed by atoms with Crippen LogP contribution in [-0.4, -0.2) is 29.8 Å². The quantitative estimate of drug-likeness (QED) is 0.621. The van der Waals surface area contributed by atoms with Crippen molar-refractivity contribution in [1.29, 1.82) is 0 Å². The first-order valence-corrected chi connectivity index (χ1v) is 9.98. The van der Waals surface area contributed by atoms with Crippen LogP contribution in [0.3, 0.4) is 0 Å². The summed E-state index contributed by atoms with van der Waals surface area (Å²) in [4.78, 5) is 29.8. The van der Waals surface area contributed by atoms with Gasteiger partial charge in [-0.15, -0.1) is 11.8 Å². The fourth-order valence-corrected chi connectivity index (χ4v) is 3.43. The summed E-state index contributed by atoms with van der Waals surface area (Å²) in [6.45, 7) is 0.161. The van der Waals surface area contributed by atoms with Gasteiger partial charge in [-0.3, -0.25) is 9.59 Å². The van der Waals surface area contributed by atoms with Crippen LogP contribution in [0.4, 0.5) is 11.4 Å².